The lowest BCUT2D eigenvalue weighted by Crippen LogP contribution is -2.47. The fraction of sp³-hybridized carbons (Fsp3) is 0.417. The molecule has 0 aliphatic carbocycles. The molecule has 0 saturated carbocycles. The maximum absolute atomic E-state index is 12.1. The molecule has 1 aliphatic rings. The maximum atomic E-state index is 12.1. The second-order valence-corrected chi connectivity index (χ2v) is 7.35. The van der Waals surface area contributed by atoms with Crippen molar-refractivity contribution in [3.63, 3.8) is 0 Å². The summed E-state index contributed by atoms with van der Waals surface area (Å²) in [5.74, 6) is 1.80. The Morgan fingerprint density at radius 3 is 2.42 bits per heavy atom. The van der Waals surface area contributed by atoms with Gasteiger partial charge in [0.15, 0.2) is 5.96 Å². The summed E-state index contributed by atoms with van der Waals surface area (Å²) in [5.41, 5.74) is 1.70. The first-order valence-corrected chi connectivity index (χ1v) is 10.8. The fourth-order valence-electron chi connectivity index (χ4n) is 3.54. The van der Waals surface area contributed by atoms with Crippen molar-refractivity contribution in [2.75, 3.05) is 26.2 Å². The topological polar surface area (TPSA) is 66.0 Å². The van der Waals surface area contributed by atoms with Crippen LogP contribution in [0.25, 0.3) is 0 Å². The third-order valence-corrected chi connectivity index (χ3v) is 5.06. The van der Waals surface area contributed by atoms with Crippen molar-refractivity contribution in [3.8, 4) is 5.75 Å². The minimum absolute atomic E-state index is 0. The van der Waals surface area contributed by atoms with E-state index < -0.39 is 0 Å². The molecule has 1 fully saturated rings. The molecule has 0 spiro atoms. The summed E-state index contributed by atoms with van der Waals surface area (Å²) < 4.78 is 6.10. The second-order valence-electron chi connectivity index (χ2n) is 7.35. The van der Waals surface area contributed by atoms with E-state index in [4.69, 9.17) is 9.73 Å². The number of halogens is 1. The Bertz CT molecular complexity index is 836. The Morgan fingerprint density at radius 1 is 1.03 bits per heavy atom. The third kappa shape index (κ3) is 7.72. The molecule has 0 aromatic heterocycles. The number of piperidine rings is 1. The van der Waals surface area contributed by atoms with Gasteiger partial charge in [0.25, 0.3) is 5.91 Å². The number of likely N-dealkylation sites (tertiary alicyclic amines) is 1. The van der Waals surface area contributed by atoms with Crippen LogP contribution in [0, 0.1) is 0 Å². The first-order chi connectivity index (χ1) is 14.7. The molecule has 7 heteroatoms. The van der Waals surface area contributed by atoms with E-state index in [1.165, 1.54) is 0 Å². The van der Waals surface area contributed by atoms with Crippen LogP contribution in [-0.4, -0.2) is 49.0 Å². The van der Waals surface area contributed by atoms with Gasteiger partial charge in [0.1, 0.15) is 11.9 Å². The summed E-state index contributed by atoms with van der Waals surface area (Å²) in [6.07, 6.45) is 2.16. The molecule has 2 aromatic carbocycles. The predicted octanol–water partition coefficient (Wildman–Crippen LogP) is 4.06. The minimum Gasteiger partial charge on any atom is -0.490 e. The molecule has 1 aliphatic heterocycles. The quantitative estimate of drug-likeness (QED) is 0.318. The van der Waals surface area contributed by atoms with E-state index in [1.54, 1.807) is 0 Å². The summed E-state index contributed by atoms with van der Waals surface area (Å²) in [7, 11) is 0. The number of ether oxygens (including phenoxy) is 1. The second kappa shape index (κ2) is 13.2. The Kier molecular flexibility index (Phi) is 10.6. The first-order valence-electron chi connectivity index (χ1n) is 10.8. The molecular formula is C24H33IN4O2. The monoisotopic (exact) mass is 536 g/mol. The molecule has 1 amide bonds. The van der Waals surface area contributed by atoms with Gasteiger partial charge < -0.3 is 20.3 Å². The Labute approximate surface area is 202 Å². The van der Waals surface area contributed by atoms with E-state index in [-0.39, 0.29) is 36.0 Å². The number of hydrogen-bond acceptors (Lipinski definition) is 3. The van der Waals surface area contributed by atoms with Gasteiger partial charge in [-0.2, -0.15) is 0 Å². The number of hydrogen-bond donors (Lipinski definition) is 2. The molecular weight excluding hydrogens is 503 g/mol. The summed E-state index contributed by atoms with van der Waals surface area (Å²) in [6, 6.07) is 17.7. The summed E-state index contributed by atoms with van der Waals surface area (Å²) in [4.78, 5) is 19.2. The number of aliphatic imine (C=N–C) groups is 1. The van der Waals surface area contributed by atoms with Crippen LogP contribution in [0.5, 0.6) is 5.75 Å². The van der Waals surface area contributed by atoms with Crippen LogP contribution >= 0.6 is 24.0 Å². The van der Waals surface area contributed by atoms with E-state index in [9.17, 15) is 4.79 Å². The average Bonchev–Trinajstić information content (AvgIpc) is 2.78. The molecule has 168 valence electrons. The zero-order valence-electron chi connectivity index (χ0n) is 18.3. The molecule has 2 N–H and O–H groups in total. The lowest BCUT2D eigenvalue weighted by atomic mass is 10.1. The highest BCUT2D eigenvalue weighted by atomic mass is 127. The van der Waals surface area contributed by atoms with Gasteiger partial charge in [-0.15, -0.1) is 24.0 Å². The van der Waals surface area contributed by atoms with Gasteiger partial charge in [-0.3, -0.25) is 4.79 Å². The van der Waals surface area contributed by atoms with E-state index in [2.05, 4.69) is 22.5 Å². The van der Waals surface area contributed by atoms with Crippen LogP contribution in [0.2, 0.25) is 0 Å². The number of carbonyl (C=O) groups excluding carboxylic acids is 1. The summed E-state index contributed by atoms with van der Waals surface area (Å²) >= 11 is 0. The standard InChI is InChI=1S/C24H32N4O2.HI/c1-3-25-23(29)20-10-8-9-19(17-20)18-27-24(26-4-2)28-15-13-22(14-16-28)30-21-11-6-5-7-12-21;/h5-12,17,22H,3-4,13-16,18H2,1-2H3,(H,25,29)(H,26,27);1H. The van der Waals surface area contributed by atoms with E-state index in [0.717, 1.165) is 49.7 Å². The zero-order valence-corrected chi connectivity index (χ0v) is 20.7. The van der Waals surface area contributed by atoms with E-state index in [1.807, 2.05) is 61.5 Å². The van der Waals surface area contributed by atoms with Crippen LogP contribution < -0.4 is 15.4 Å². The molecule has 6 nitrogen and oxygen atoms in total. The van der Waals surface area contributed by atoms with Gasteiger partial charge >= 0.3 is 0 Å². The molecule has 2 aromatic rings. The number of nitrogens with one attached hydrogen (secondary N) is 2. The number of rotatable bonds is 7. The largest absolute Gasteiger partial charge is 0.490 e. The molecule has 0 atom stereocenters. The predicted molar refractivity (Wildman–Crippen MR) is 136 cm³/mol. The molecule has 1 saturated heterocycles. The van der Waals surface area contributed by atoms with Crippen molar-refractivity contribution in [2.45, 2.75) is 39.3 Å². The van der Waals surface area contributed by atoms with Crippen molar-refractivity contribution in [1.82, 2.24) is 15.5 Å². The van der Waals surface area contributed by atoms with Gasteiger partial charge in [0, 0.05) is 44.6 Å². The minimum atomic E-state index is -0.0456. The van der Waals surface area contributed by atoms with Gasteiger partial charge in [-0.1, -0.05) is 30.3 Å². The van der Waals surface area contributed by atoms with E-state index >= 15 is 0 Å². The SMILES string of the molecule is CCNC(=O)c1cccc(CN=C(NCC)N2CCC(Oc3ccccc3)CC2)c1.I. The van der Waals surface area contributed by atoms with Crippen molar-refractivity contribution in [2.24, 2.45) is 4.99 Å². The molecule has 0 radical (unpaired) electrons. The normalized spacial score (nSPS) is 14.5. The van der Waals surface area contributed by atoms with Crippen molar-refractivity contribution >= 4 is 35.8 Å². The lowest BCUT2D eigenvalue weighted by molar-refractivity contribution is 0.0955. The number of benzene rings is 2. The number of amides is 1. The van der Waals surface area contributed by atoms with Gasteiger partial charge in [0.05, 0.1) is 6.54 Å². The summed E-state index contributed by atoms with van der Waals surface area (Å²) in [5, 5.41) is 6.24. The highest BCUT2D eigenvalue weighted by Gasteiger charge is 2.22. The highest BCUT2D eigenvalue weighted by molar-refractivity contribution is 14.0. The van der Waals surface area contributed by atoms with Crippen LogP contribution in [0.15, 0.2) is 59.6 Å². The zero-order chi connectivity index (χ0) is 21.2. The average molecular weight is 536 g/mol. The molecule has 1 heterocycles. The smallest absolute Gasteiger partial charge is 0.251 e. The summed E-state index contributed by atoms with van der Waals surface area (Å²) in [6.45, 7) is 7.79. The van der Waals surface area contributed by atoms with Gasteiger partial charge in [-0.05, 0) is 43.7 Å². The van der Waals surface area contributed by atoms with Crippen molar-refractivity contribution in [1.29, 1.82) is 0 Å². The van der Waals surface area contributed by atoms with Crippen LogP contribution in [0.3, 0.4) is 0 Å². The lowest BCUT2D eigenvalue weighted by Gasteiger charge is -2.34. The Morgan fingerprint density at radius 2 is 1.74 bits per heavy atom. The molecule has 0 unspecified atom stereocenters. The molecule has 3 rings (SSSR count). The third-order valence-electron chi connectivity index (χ3n) is 5.06. The highest BCUT2D eigenvalue weighted by Crippen LogP contribution is 2.19. The number of nitrogens with zero attached hydrogens (tertiary/aromatic N) is 2. The van der Waals surface area contributed by atoms with Crippen LogP contribution in [0.1, 0.15) is 42.6 Å². The first kappa shape index (κ1) is 25.0. The molecule has 31 heavy (non-hydrogen) atoms. The van der Waals surface area contributed by atoms with E-state index in [0.29, 0.717) is 18.7 Å². The maximum Gasteiger partial charge on any atom is 0.251 e. The van der Waals surface area contributed by atoms with Gasteiger partial charge in [0.2, 0.25) is 0 Å². The van der Waals surface area contributed by atoms with Crippen LogP contribution in [0.4, 0.5) is 0 Å². The van der Waals surface area contributed by atoms with Crippen molar-refractivity contribution in [3.05, 3.63) is 65.7 Å². The number of carbonyl (C=O) groups is 1. The van der Waals surface area contributed by atoms with Crippen molar-refractivity contribution < 1.29 is 9.53 Å². The number of guanidine groups is 1. The van der Waals surface area contributed by atoms with Gasteiger partial charge in [-0.25, -0.2) is 4.99 Å². The Balaban J connectivity index is 0.00000341. The Hall–Kier alpha value is -2.29. The fourth-order valence-corrected chi connectivity index (χ4v) is 3.54. The number of para-hydroxylation sites is 1. The molecule has 0 bridgehead atoms. The van der Waals surface area contributed by atoms with Crippen LogP contribution in [-0.2, 0) is 6.54 Å².